The minimum atomic E-state index is -0.395. The van der Waals surface area contributed by atoms with Crippen LogP contribution in [0, 0.1) is 0 Å². The molecule has 3 heterocycles. The summed E-state index contributed by atoms with van der Waals surface area (Å²) in [5, 5.41) is 6.84. The maximum Gasteiger partial charge on any atom is 0.251 e. The molecule has 0 radical (unpaired) electrons. The second-order valence-electron chi connectivity index (χ2n) is 7.01. The van der Waals surface area contributed by atoms with Crippen LogP contribution in [0.3, 0.4) is 0 Å². The molecule has 2 atom stereocenters. The van der Waals surface area contributed by atoms with Crippen LogP contribution in [0.5, 0.6) is 0 Å². The lowest BCUT2D eigenvalue weighted by Crippen LogP contribution is -2.36. The Morgan fingerprint density at radius 1 is 1.29 bits per heavy atom. The number of carbonyl (C=O) groups excluding carboxylic acids is 1. The molecule has 1 amide bonds. The summed E-state index contributed by atoms with van der Waals surface area (Å²) in [5.41, 5.74) is 8.58. The van der Waals surface area contributed by atoms with E-state index in [1.165, 1.54) is 0 Å². The number of nitrogens with zero attached hydrogens (tertiary/aromatic N) is 3. The van der Waals surface area contributed by atoms with Gasteiger partial charge in [0.15, 0.2) is 0 Å². The van der Waals surface area contributed by atoms with Gasteiger partial charge in [0.1, 0.15) is 11.8 Å². The Kier molecular flexibility index (Phi) is 5.57. The van der Waals surface area contributed by atoms with Gasteiger partial charge in [-0.1, -0.05) is 24.3 Å². The minimum Gasteiger partial charge on any atom is -0.364 e. The highest BCUT2D eigenvalue weighted by Crippen LogP contribution is 2.29. The van der Waals surface area contributed by atoms with Crippen molar-refractivity contribution in [3.8, 4) is 16.3 Å². The molecule has 6 nitrogen and oxygen atoms in total. The molecule has 28 heavy (non-hydrogen) atoms. The second kappa shape index (κ2) is 8.26. The van der Waals surface area contributed by atoms with Gasteiger partial charge < -0.3 is 15.4 Å². The van der Waals surface area contributed by atoms with Crippen molar-refractivity contribution in [2.75, 3.05) is 13.6 Å². The predicted octanol–water partition coefficient (Wildman–Crippen LogP) is 3.07. The van der Waals surface area contributed by atoms with Crippen LogP contribution in [-0.4, -0.2) is 46.4 Å². The number of carbonyl (C=O) groups is 1. The third-order valence-corrected chi connectivity index (χ3v) is 5.87. The number of aromatic nitrogens is 2. The van der Waals surface area contributed by atoms with Gasteiger partial charge in [-0.2, -0.15) is 5.10 Å². The Morgan fingerprint density at radius 2 is 2.11 bits per heavy atom. The van der Waals surface area contributed by atoms with Gasteiger partial charge in [-0.25, -0.2) is 4.68 Å². The highest BCUT2D eigenvalue weighted by Gasteiger charge is 2.32. The summed E-state index contributed by atoms with van der Waals surface area (Å²) < 4.78 is 7.65. The molecule has 7 heteroatoms. The molecular formula is C21H24N4O2S. The third kappa shape index (κ3) is 3.87. The fourth-order valence-corrected chi connectivity index (χ4v) is 4.24. The highest BCUT2D eigenvalue weighted by molar-refractivity contribution is 7.13. The molecule has 0 bridgehead atoms. The van der Waals surface area contributed by atoms with Gasteiger partial charge in [0.25, 0.3) is 5.91 Å². The number of amides is 1. The van der Waals surface area contributed by atoms with Crippen molar-refractivity contribution < 1.29 is 9.53 Å². The van der Waals surface area contributed by atoms with Gasteiger partial charge in [-0.05, 0) is 36.4 Å². The van der Waals surface area contributed by atoms with E-state index in [2.05, 4.69) is 6.07 Å². The first kappa shape index (κ1) is 18.9. The molecule has 1 aromatic carbocycles. The summed E-state index contributed by atoms with van der Waals surface area (Å²) in [6, 6.07) is 14.1. The van der Waals surface area contributed by atoms with E-state index in [0.29, 0.717) is 13.1 Å². The Morgan fingerprint density at radius 3 is 2.79 bits per heavy atom. The van der Waals surface area contributed by atoms with E-state index in [4.69, 9.17) is 15.6 Å². The van der Waals surface area contributed by atoms with Gasteiger partial charge in [-0.3, -0.25) is 4.79 Å². The molecule has 0 saturated carbocycles. The molecule has 3 aromatic rings. The van der Waals surface area contributed by atoms with E-state index in [0.717, 1.165) is 34.7 Å². The van der Waals surface area contributed by atoms with Crippen LogP contribution in [0.2, 0.25) is 0 Å². The number of hydrogen-bond acceptors (Lipinski definition) is 5. The second-order valence-corrected chi connectivity index (χ2v) is 7.96. The molecule has 1 fully saturated rings. The van der Waals surface area contributed by atoms with Crippen molar-refractivity contribution in [2.24, 2.45) is 5.73 Å². The maximum atomic E-state index is 12.8. The van der Waals surface area contributed by atoms with E-state index in [1.54, 1.807) is 16.2 Å². The molecule has 0 unspecified atom stereocenters. The first-order valence-electron chi connectivity index (χ1n) is 9.44. The lowest BCUT2D eigenvalue weighted by molar-refractivity contribution is -0.141. The Bertz CT molecular complexity index is 923. The van der Waals surface area contributed by atoms with Crippen LogP contribution in [0.4, 0.5) is 0 Å². The van der Waals surface area contributed by atoms with Crippen LogP contribution in [0.15, 0.2) is 54.0 Å². The molecule has 2 N–H and O–H groups in total. The number of benzene rings is 1. The Balaban J connectivity index is 1.58. The van der Waals surface area contributed by atoms with E-state index in [-0.39, 0.29) is 12.0 Å². The summed E-state index contributed by atoms with van der Waals surface area (Å²) in [6.07, 6.45) is 3.17. The quantitative estimate of drug-likeness (QED) is 0.695. The maximum absolute atomic E-state index is 12.8. The molecule has 0 spiro atoms. The van der Waals surface area contributed by atoms with E-state index in [9.17, 15) is 4.79 Å². The zero-order chi connectivity index (χ0) is 19.5. The number of nitrogens with two attached hydrogens (primary N) is 1. The standard InChI is InChI=1S/C21H24N4O2S/c1-24(21(26)18-10-9-17(12-22)27-18)13-15-14-25(16-6-3-2-4-7-16)23-20(15)19-8-5-11-28-19/h2-8,11,14,17-18H,9-10,12-13,22H2,1H3/t17-,18+/m1/s1. The summed E-state index contributed by atoms with van der Waals surface area (Å²) in [6.45, 7) is 0.936. The number of hydrogen-bond donors (Lipinski definition) is 1. The Hall–Kier alpha value is -2.48. The average molecular weight is 397 g/mol. The van der Waals surface area contributed by atoms with E-state index in [1.807, 2.05) is 59.7 Å². The first-order valence-corrected chi connectivity index (χ1v) is 10.3. The van der Waals surface area contributed by atoms with E-state index < -0.39 is 6.10 Å². The van der Waals surface area contributed by atoms with Crippen LogP contribution in [0.25, 0.3) is 16.3 Å². The van der Waals surface area contributed by atoms with Crippen molar-refractivity contribution in [1.29, 1.82) is 0 Å². The normalized spacial score (nSPS) is 19.1. The van der Waals surface area contributed by atoms with Crippen molar-refractivity contribution in [1.82, 2.24) is 14.7 Å². The fourth-order valence-electron chi connectivity index (χ4n) is 3.50. The van der Waals surface area contributed by atoms with Crippen LogP contribution < -0.4 is 5.73 Å². The lowest BCUT2D eigenvalue weighted by Gasteiger charge is -2.21. The summed E-state index contributed by atoms with van der Waals surface area (Å²) >= 11 is 1.64. The van der Waals surface area contributed by atoms with Gasteiger partial charge in [-0.15, -0.1) is 11.3 Å². The number of likely N-dealkylation sites (N-methyl/N-ethyl adjacent to an activating group) is 1. The largest absolute Gasteiger partial charge is 0.364 e. The van der Waals surface area contributed by atoms with Crippen LogP contribution in [0.1, 0.15) is 18.4 Å². The van der Waals surface area contributed by atoms with Crippen molar-refractivity contribution in [3.05, 3.63) is 59.6 Å². The topological polar surface area (TPSA) is 73.4 Å². The molecular weight excluding hydrogens is 372 g/mol. The number of rotatable bonds is 6. The molecule has 146 valence electrons. The van der Waals surface area contributed by atoms with E-state index >= 15 is 0 Å². The van der Waals surface area contributed by atoms with Crippen LogP contribution in [-0.2, 0) is 16.1 Å². The monoisotopic (exact) mass is 396 g/mol. The smallest absolute Gasteiger partial charge is 0.251 e. The highest BCUT2D eigenvalue weighted by atomic mass is 32.1. The molecule has 2 aromatic heterocycles. The number of para-hydroxylation sites is 1. The zero-order valence-electron chi connectivity index (χ0n) is 15.8. The van der Waals surface area contributed by atoms with Crippen LogP contribution >= 0.6 is 11.3 Å². The summed E-state index contributed by atoms with van der Waals surface area (Å²) in [7, 11) is 1.82. The van der Waals surface area contributed by atoms with Gasteiger partial charge in [0.2, 0.25) is 0 Å². The predicted molar refractivity (Wildman–Crippen MR) is 110 cm³/mol. The molecule has 4 rings (SSSR count). The molecule has 1 saturated heterocycles. The zero-order valence-corrected chi connectivity index (χ0v) is 16.6. The van der Waals surface area contributed by atoms with Gasteiger partial charge in [0.05, 0.1) is 16.7 Å². The summed E-state index contributed by atoms with van der Waals surface area (Å²) in [5.74, 6) is 0.000501. The number of ether oxygens (including phenoxy) is 1. The first-order chi connectivity index (χ1) is 13.7. The third-order valence-electron chi connectivity index (χ3n) is 4.99. The van der Waals surface area contributed by atoms with Crippen molar-refractivity contribution in [3.63, 3.8) is 0 Å². The molecule has 0 aliphatic carbocycles. The van der Waals surface area contributed by atoms with Gasteiger partial charge >= 0.3 is 0 Å². The SMILES string of the molecule is CN(Cc1cn(-c2ccccc2)nc1-c1cccs1)C(=O)[C@@H]1CC[C@H](CN)O1. The minimum absolute atomic E-state index is 0.000501. The van der Waals surface area contributed by atoms with Crippen molar-refractivity contribution in [2.45, 2.75) is 31.6 Å². The molecule has 1 aliphatic heterocycles. The molecule has 1 aliphatic rings. The summed E-state index contributed by atoms with van der Waals surface area (Å²) in [4.78, 5) is 15.6. The van der Waals surface area contributed by atoms with Crippen molar-refractivity contribution >= 4 is 17.2 Å². The lowest BCUT2D eigenvalue weighted by atomic mass is 10.1. The van der Waals surface area contributed by atoms with Gasteiger partial charge in [0, 0.05) is 31.9 Å². The Labute approximate surface area is 168 Å². The number of thiophene rings is 1. The fraction of sp³-hybridized carbons (Fsp3) is 0.333. The average Bonchev–Trinajstić information content (AvgIpc) is 3.48.